The van der Waals surface area contributed by atoms with Crippen molar-refractivity contribution < 1.29 is 0 Å². The summed E-state index contributed by atoms with van der Waals surface area (Å²) in [5.41, 5.74) is 2.64. The summed E-state index contributed by atoms with van der Waals surface area (Å²) in [5.74, 6) is 1.61. The Morgan fingerprint density at radius 3 is 2.91 bits per heavy atom. The van der Waals surface area contributed by atoms with Crippen LogP contribution in [0.5, 0.6) is 0 Å². The summed E-state index contributed by atoms with van der Waals surface area (Å²) in [6, 6.07) is 0. The standard InChI is InChI=1S/C9H14N2/c1-6-3-8-9(4-7(6)2)11-5-10-8/h5-7H,3-4H2,1-2H3,(H,10,11)/t6-,7-/m1/s1. The minimum Gasteiger partial charge on any atom is -0.348 e. The SMILES string of the molecule is C[C@@H]1Cc2nc[nH]c2C[C@H]1C. The van der Waals surface area contributed by atoms with Gasteiger partial charge in [-0.05, 0) is 24.7 Å². The molecule has 0 radical (unpaired) electrons. The second kappa shape index (κ2) is 2.36. The zero-order chi connectivity index (χ0) is 7.84. The summed E-state index contributed by atoms with van der Waals surface area (Å²) in [6.45, 7) is 4.62. The van der Waals surface area contributed by atoms with Gasteiger partial charge in [0.25, 0.3) is 0 Å². The number of fused-ring (bicyclic) bond motifs is 1. The lowest BCUT2D eigenvalue weighted by Gasteiger charge is -2.24. The zero-order valence-electron chi connectivity index (χ0n) is 7.09. The Morgan fingerprint density at radius 2 is 2.09 bits per heavy atom. The fraction of sp³-hybridized carbons (Fsp3) is 0.667. The van der Waals surface area contributed by atoms with Crippen molar-refractivity contribution in [2.75, 3.05) is 0 Å². The highest BCUT2D eigenvalue weighted by molar-refractivity contribution is 5.15. The van der Waals surface area contributed by atoms with Gasteiger partial charge in [0.1, 0.15) is 0 Å². The molecule has 0 aromatic carbocycles. The van der Waals surface area contributed by atoms with Crippen LogP contribution in [0.1, 0.15) is 25.2 Å². The van der Waals surface area contributed by atoms with Gasteiger partial charge in [-0.3, -0.25) is 0 Å². The number of nitrogens with one attached hydrogen (secondary N) is 1. The van der Waals surface area contributed by atoms with E-state index < -0.39 is 0 Å². The van der Waals surface area contributed by atoms with Gasteiger partial charge in [-0.25, -0.2) is 4.98 Å². The normalized spacial score (nSPS) is 30.0. The van der Waals surface area contributed by atoms with Crippen LogP contribution in [0.2, 0.25) is 0 Å². The van der Waals surface area contributed by atoms with Crippen molar-refractivity contribution in [1.29, 1.82) is 0 Å². The molecule has 60 valence electrons. The van der Waals surface area contributed by atoms with E-state index in [2.05, 4.69) is 23.8 Å². The quantitative estimate of drug-likeness (QED) is 0.600. The molecule has 1 aromatic rings. The molecule has 0 saturated carbocycles. The predicted molar refractivity (Wildman–Crippen MR) is 44.3 cm³/mol. The highest BCUT2D eigenvalue weighted by Crippen LogP contribution is 2.26. The molecule has 0 amide bonds. The van der Waals surface area contributed by atoms with E-state index in [0.29, 0.717) is 0 Å². The van der Waals surface area contributed by atoms with Crippen LogP contribution in [0.25, 0.3) is 0 Å². The molecule has 1 aromatic heterocycles. The first-order chi connectivity index (χ1) is 5.27. The number of aromatic amines is 1. The predicted octanol–water partition coefficient (Wildman–Crippen LogP) is 1.78. The van der Waals surface area contributed by atoms with Crippen LogP contribution in [0.15, 0.2) is 6.33 Å². The van der Waals surface area contributed by atoms with E-state index in [4.69, 9.17) is 0 Å². The first-order valence-electron chi connectivity index (χ1n) is 4.28. The van der Waals surface area contributed by atoms with Gasteiger partial charge in [0.15, 0.2) is 0 Å². The lowest BCUT2D eigenvalue weighted by molar-refractivity contribution is 0.355. The van der Waals surface area contributed by atoms with Crippen molar-refractivity contribution in [3.05, 3.63) is 17.7 Å². The van der Waals surface area contributed by atoms with Crippen LogP contribution in [0, 0.1) is 11.8 Å². The number of imidazole rings is 1. The van der Waals surface area contributed by atoms with Crippen molar-refractivity contribution in [3.63, 3.8) is 0 Å². The Hall–Kier alpha value is -0.790. The molecule has 1 heterocycles. The number of rotatable bonds is 0. The van der Waals surface area contributed by atoms with Crippen LogP contribution in [-0.4, -0.2) is 9.97 Å². The molecular formula is C9H14N2. The van der Waals surface area contributed by atoms with Gasteiger partial charge in [0.2, 0.25) is 0 Å². The molecule has 1 N–H and O–H groups in total. The van der Waals surface area contributed by atoms with Gasteiger partial charge in [-0.15, -0.1) is 0 Å². The summed E-state index contributed by atoms with van der Waals surface area (Å²) < 4.78 is 0. The lowest BCUT2D eigenvalue weighted by atomic mass is 9.82. The zero-order valence-corrected chi connectivity index (χ0v) is 7.09. The fourth-order valence-corrected chi connectivity index (χ4v) is 1.73. The van der Waals surface area contributed by atoms with Crippen molar-refractivity contribution in [2.24, 2.45) is 11.8 Å². The molecule has 11 heavy (non-hydrogen) atoms. The maximum absolute atomic E-state index is 4.29. The van der Waals surface area contributed by atoms with Gasteiger partial charge in [-0.2, -0.15) is 0 Å². The smallest absolute Gasteiger partial charge is 0.0925 e. The molecule has 0 spiro atoms. The molecule has 0 bridgehead atoms. The first kappa shape index (κ1) is 6.89. The largest absolute Gasteiger partial charge is 0.348 e. The van der Waals surface area contributed by atoms with E-state index in [9.17, 15) is 0 Å². The van der Waals surface area contributed by atoms with Gasteiger partial charge in [0, 0.05) is 5.69 Å². The van der Waals surface area contributed by atoms with Crippen molar-refractivity contribution in [2.45, 2.75) is 26.7 Å². The topological polar surface area (TPSA) is 28.7 Å². The van der Waals surface area contributed by atoms with Gasteiger partial charge in [0.05, 0.1) is 12.0 Å². The molecule has 0 aliphatic heterocycles. The summed E-state index contributed by atoms with van der Waals surface area (Å²) in [5, 5.41) is 0. The van der Waals surface area contributed by atoms with Gasteiger partial charge in [-0.1, -0.05) is 13.8 Å². The van der Waals surface area contributed by atoms with E-state index in [1.165, 1.54) is 17.8 Å². The monoisotopic (exact) mass is 150 g/mol. The minimum absolute atomic E-state index is 0.797. The average Bonchev–Trinajstić information content (AvgIpc) is 2.36. The third-order valence-corrected chi connectivity index (χ3v) is 2.82. The maximum atomic E-state index is 4.29. The molecular weight excluding hydrogens is 136 g/mol. The molecule has 1 aliphatic rings. The summed E-state index contributed by atoms with van der Waals surface area (Å²) in [6.07, 6.45) is 4.14. The Kier molecular flexibility index (Phi) is 1.48. The van der Waals surface area contributed by atoms with Crippen LogP contribution in [0.4, 0.5) is 0 Å². The molecule has 0 unspecified atom stereocenters. The maximum Gasteiger partial charge on any atom is 0.0925 e. The van der Waals surface area contributed by atoms with Crippen LogP contribution in [0.3, 0.4) is 0 Å². The van der Waals surface area contributed by atoms with E-state index >= 15 is 0 Å². The van der Waals surface area contributed by atoms with Gasteiger partial charge >= 0.3 is 0 Å². The molecule has 2 heteroatoms. The number of nitrogens with zero attached hydrogens (tertiary/aromatic N) is 1. The summed E-state index contributed by atoms with van der Waals surface area (Å²) >= 11 is 0. The number of hydrogen-bond acceptors (Lipinski definition) is 1. The van der Waals surface area contributed by atoms with Crippen LogP contribution >= 0.6 is 0 Å². The lowest BCUT2D eigenvalue weighted by Crippen LogP contribution is -2.20. The molecule has 1 aliphatic carbocycles. The Labute approximate surface area is 67.0 Å². The Balaban J connectivity index is 2.30. The second-order valence-corrected chi connectivity index (χ2v) is 3.69. The van der Waals surface area contributed by atoms with E-state index in [1.54, 1.807) is 0 Å². The molecule has 0 saturated heterocycles. The average molecular weight is 150 g/mol. The van der Waals surface area contributed by atoms with Crippen molar-refractivity contribution >= 4 is 0 Å². The van der Waals surface area contributed by atoms with Crippen molar-refractivity contribution in [3.8, 4) is 0 Å². The molecule has 2 atom stereocenters. The fourth-order valence-electron chi connectivity index (χ4n) is 1.73. The van der Waals surface area contributed by atoms with Crippen LogP contribution in [-0.2, 0) is 12.8 Å². The number of hydrogen-bond donors (Lipinski definition) is 1. The third-order valence-electron chi connectivity index (χ3n) is 2.82. The molecule has 2 nitrogen and oxygen atoms in total. The summed E-state index contributed by atoms with van der Waals surface area (Å²) in [7, 11) is 0. The highest BCUT2D eigenvalue weighted by Gasteiger charge is 2.23. The van der Waals surface area contributed by atoms with E-state index in [1.807, 2.05) is 6.33 Å². The third kappa shape index (κ3) is 1.06. The number of aromatic nitrogens is 2. The molecule has 0 fully saturated rings. The summed E-state index contributed by atoms with van der Waals surface area (Å²) in [4.78, 5) is 7.48. The Morgan fingerprint density at radius 1 is 1.36 bits per heavy atom. The van der Waals surface area contributed by atoms with E-state index in [-0.39, 0.29) is 0 Å². The van der Waals surface area contributed by atoms with Crippen LogP contribution < -0.4 is 0 Å². The van der Waals surface area contributed by atoms with Gasteiger partial charge < -0.3 is 4.98 Å². The number of H-pyrrole nitrogens is 1. The minimum atomic E-state index is 0.797. The first-order valence-corrected chi connectivity index (χ1v) is 4.28. The second-order valence-electron chi connectivity index (χ2n) is 3.69. The Bertz CT molecular complexity index is 227. The highest BCUT2D eigenvalue weighted by atomic mass is 14.9. The molecule has 2 rings (SSSR count). The van der Waals surface area contributed by atoms with E-state index in [0.717, 1.165) is 18.3 Å². The van der Waals surface area contributed by atoms with Crippen molar-refractivity contribution in [1.82, 2.24) is 9.97 Å².